The van der Waals surface area contributed by atoms with Gasteiger partial charge >= 0.3 is 5.97 Å². The monoisotopic (exact) mass is 543 g/mol. The van der Waals surface area contributed by atoms with Crippen molar-refractivity contribution in [1.82, 2.24) is 9.97 Å². The number of nitrogens with one attached hydrogen (secondary N) is 2. The summed E-state index contributed by atoms with van der Waals surface area (Å²) in [5, 5.41) is 2.85. The lowest BCUT2D eigenvalue weighted by Gasteiger charge is -2.57. The van der Waals surface area contributed by atoms with E-state index in [1.54, 1.807) is 0 Å². The van der Waals surface area contributed by atoms with Crippen LogP contribution in [0.25, 0.3) is 11.4 Å². The highest BCUT2D eigenvalue weighted by Crippen LogP contribution is 2.61. The minimum absolute atomic E-state index is 0.226. The molecule has 0 atom stereocenters. The number of ether oxygens (including phenoxy) is 1. The van der Waals surface area contributed by atoms with Crippen LogP contribution in [-0.4, -0.2) is 29.0 Å². The van der Waals surface area contributed by atoms with Gasteiger partial charge in [-0.2, -0.15) is 0 Å². The summed E-state index contributed by atoms with van der Waals surface area (Å²) in [4.78, 5) is 34.0. The summed E-state index contributed by atoms with van der Waals surface area (Å²) in [6.07, 6.45) is 9.93. The molecular formula is C33H38FN3O3. The van der Waals surface area contributed by atoms with Gasteiger partial charge in [-0.05, 0) is 125 Å². The molecule has 2 aromatic carbocycles. The van der Waals surface area contributed by atoms with E-state index >= 15 is 0 Å². The largest absolute Gasteiger partial charge is 0.465 e. The van der Waals surface area contributed by atoms with Crippen LogP contribution in [0.3, 0.4) is 0 Å². The van der Waals surface area contributed by atoms with Crippen LogP contribution in [-0.2, 0) is 11.2 Å². The number of aromatic amines is 1. The van der Waals surface area contributed by atoms with E-state index in [0.717, 1.165) is 59.0 Å². The van der Waals surface area contributed by atoms with Gasteiger partial charge in [-0.25, -0.2) is 14.2 Å². The Balaban J connectivity index is 1.32. The molecule has 4 bridgehead atoms. The lowest BCUT2D eigenvalue weighted by Crippen LogP contribution is -2.46. The van der Waals surface area contributed by atoms with Crippen molar-refractivity contribution in [2.45, 2.75) is 72.1 Å². The van der Waals surface area contributed by atoms with Crippen LogP contribution in [0.2, 0.25) is 0 Å². The molecule has 1 amide bonds. The molecule has 3 aromatic rings. The van der Waals surface area contributed by atoms with Crippen LogP contribution in [0, 0.1) is 49.8 Å². The molecule has 1 heterocycles. The zero-order valence-corrected chi connectivity index (χ0v) is 23.8. The number of esters is 1. The number of carbonyl (C=O) groups is 2. The number of halogens is 1. The average Bonchev–Trinajstić information content (AvgIpc) is 3.31. The van der Waals surface area contributed by atoms with Crippen molar-refractivity contribution in [2.75, 3.05) is 12.4 Å². The molecule has 7 heteroatoms. The smallest absolute Gasteiger partial charge is 0.340 e. The molecule has 40 heavy (non-hydrogen) atoms. The second-order valence-corrected chi connectivity index (χ2v) is 12.7. The van der Waals surface area contributed by atoms with Gasteiger partial charge in [-0.3, -0.25) is 4.79 Å². The Kier molecular flexibility index (Phi) is 6.79. The van der Waals surface area contributed by atoms with Gasteiger partial charge < -0.3 is 15.0 Å². The normalized spacial score (nSPS) is 24.8. The minimum Gasteiger partial charge on any atom is -0.465 e. The molecule has 0 radical (unpaired) electrons. The summed E-state index contributed by atoms with van der Waals surface area (Å²) < 4.78 is 18.9. The van der Waals surface area contributed by atoms with Crippen LogP contribution < -0.4 is 5.32 Å². The number of amides is 1. The van der Waals surface area contributed by atoms with Crippen molar-refractivity contribution in [2.24, 2.45) is 23.2 Å². The number of hydrogen-bond donors (Lipinski definition) is 2. The van der Waals surface area contributed by atoms with Gasteiger partial charge in [0.15, 0.2) is 0 Å². The number of imidazole rings is 1. The molecule has 4 aliphatic carbocycles. The third kappa shape index (κ3) is 4.95. The Labute approximate surface area is 235 Å². The number of methoxy groups -OCH3 is 1. The topological polar surface area (TPSA) is 84.1 Å². The van der Waals surface area contributed by atoms with Crippen molar-refractivity contribution in [1.29, 1.82) is 0 Å². The lowest BCUT2D eigenvalue weighted by molar-refractivity contribution is -0.0570. The molecular weight excluding hydrogens is 505 g/mol. The Morgan fingerprint density at radius 1 is 1.02 bits per heavy atom. The maximum atomic E-state index is 14.2. The number of carbonyl (C=O) groups excluding carboxylic acids is 2. The number of nitrogens with zero attached hydrogens (tertiary/aromatic N) is 1. The van der Waals surface area contributed by atoms with Gasteiger partial charge in [0, 0.05) is 16.9 Å². The fourth-order valence-electron chi connectivity index (χ4n) is 8.50. The van der Waals surface area contributed by atoms with Crippen LogP contribution >= 0.6 is 0 Å². The van der Waals surface area contributed by atoms with E-state index < -0.39 is 11.8 Å². The predicted octanol–water partition coefficient (Wildman–Crippen LogP) is 7.33. The molecule has 4 fully saturated rings. The molecule has 0 unspecified atom stereocenters. The summed E-state index contributed by atoms with van der Waals surface area (Å²) in [6, 6.07) is 8.16. The Bertz CT molecular complexity index is 1430. The number of benzene rings is 2. The van der Waals surface area contributed by atoms with Gasteiger partial charge in [0.25, 0.3) is 5.91 Å². The summed E-state index contributed by atoms with van der Waals surface area (Å²) >= 11 is 0. The average molecular weight is 544 g/mol. The molecule has 0 aliphatic heterocycles. The maximum absolute atomic E-state index is 14.2. The zero-order chi connectivity index (χ0) is 28.2. The van der Waals surface area contributed by atoms with Gasteiger partial charge in [0.1, 0.15) is 17.3 Å². The highest BCUT2D eigenvalue weighted by molar-refractivity contribution is 6.04. The Hall–Kier alpha value is -3.48. The third-order valence-corrected chi connectivity index (χ3v) is 9.61. The highest BCUT2D eigenvalue weighted by atomic mass is 19.1. The Morgan fingerprint density at radius 3 is 2.25 bits per heavy atom. The third-order valence-electron chi connectivity index (χ3n) is 9.61. The van der Waals surface area contributed by atoms with Crippen molar-refractivity contribution >= 4 is 17.6 Å². The quantitative estimate of drug-likeness (QED) is 0.306. The van der Waals surface area contributed by atoms with E-state index in [1.165, 1.54) is 63.3 Å². The highest BCUT2D eigenvalue weighted by Gasteiger charge is 2.50. The first-order valence-corrected chi connectivity index (χ1v) is 14.5. The second kappa shape index (κ2) is 10.2. The SMILES string of the molecule is COC(=O)c1cc(NC(=O)c2nc(-c3c(C)cc(C)cc3C)[nH]c2CCC23CC4CC(CC(C4)C2)C3)ccc1F. The van der Waals surface area contributed by atoms with Gasteiger partial charge in [-0.15, -0.1) is 0 Å². The number of rotatable bonds is 7. The number of aromatic nitrogens is 2. The predicted molar refractivity (Wildman–Crippen MR) is 153 cm³/mol. The fourth-order valence-corrected chi connectivity index (χ4v) is 8.50. The van der Waals surface area contributed by atoms with E-state index in [1.807, 2.05) is 0 Å². The Morgan fingerprint density at radius 2 is 1.65 bits per heavy atom. The van der Waals surface area contributed by atoms with E-state index in [9.17, 15) is 14.0 Å². The minimum atomic E-state index is -0.794. The maximum Gasteiger partial charge on any atom is 0.340 e. The molecule has 210 valence electrons. The molecule has 1 aromatic heterocycles. The summed E-state index contributed by atoms with van der Waals surface area (Å²) in [6.45, 7) is 6.21. The van der Waals surface area contributed by atoms with Crippen LogP contribution in [0.5, 0.6) is 0 Å². The first-order valence-electron chi connectivity index (χ1n) is 14.5. The molecule has 6 nitrogen and oxygen atoms in total. The van der Waals surface area contributed by atoms with Crippen molar-refractivity contribution < 1.29 is 18.7 Å². The number of hydrogen-bond acceptors (Lipinski definition) is 4. The van der Waals surface area contributed by atoms with Crippen LogP contribution in [0.15, 0.2) is 30.3 Å². The van der Waals surface area contributed by atoms with Gasteiger partial charge in [0.05, 0.1) is 12.7 Å². The van der Waals surface area contributed by atoms with Gasteiger partial charge in [-0.1, -0.05) is 17.7 Å². The molecule has 0 spiro atoms. The van der Waals surface area contributed by atoms with Crippen LogP contribution in [0.1, 0.15) is 88.2 Å². The molecule has 4 aliphatic rings. The summed E-state index contributed by atoms with van der Waals surface area (Å²) in [5.74, 6) is 1.42. The first kappa shape index (κ1) is 26.7. The molecule has 2 N–H and O–H groups in total. The lowest BCUT2D eigenvalue weighted by atomic mass is 9.48. The van der Waals surface area contributed by atoms with Crippen LogP contribution in [0.4, 0.5) is 10.1 Å². The molecule has 7 rings (SSSR count). The van der Waals surface area contributed by atoms with Crippen molar-refractivity contribution in [3.63, 3.8) is 0 Å². The fraction of sp³-hybridized carbons (Fsp3) is 0.485. The standard InChI is InChI=1S/C33H38FN3O3/c1-18-9-19(2)28(20(3)10-18)30-36-27(7-8-33-15-21-11-22(16-33)13-23(12-21)17-33)29(37-30)31(38)35-24-5-6-26(34)25(14-24)32(39)40-4/h5-6,9-10,14,21-23H,7-8,11-13,15-17H2,1-4H3,(H,35,38)(H,36,37). The first-order chi connectivity index (χ1) is 19.1. The number of H-pyrrole nitrogens is 1. The van der Waals surface area contributed by atoms with E-state index in [0.29, 0.717) is 22.6 Å². The molecule has 0 saturated heterocycles. The van der Waals surface area contributed by atoms with E-state index in [-0.39, 0.29) is 11.5 Å². The van der Waals surface area contributed by atoms with E-state index in [4.69, 9.17) is 4.98 Å². The van der Waals surface area contributed by atoms with Crippen molar-refractivity contribution in [3.05, 3.63) is 69.8 Å². The number of anilines is 1. The number of aryl methyl sites for hydroxylation is 4. The molecule has 4 saturated carbocycles. The van der Waals surface area contributed by atoms with Crippen molar-refractivity contribution in [3.8, 4) is 11.4 Å². The summed E-state index contributed by atoms with van der Waals surface area (Å²) in [5.41, 5.74) is 6.04. The summed E-state index contributed by atoms with van der Waals surface area (Å²) in [7, 11) is 1.20. The second-order valence-electron chi connectivity index (χ2n) is 12.7. The zero-order valence-electron chi connectivity index (χ0n) is 23.8. The van der Waals surface area contributed by atoms with E-state index in [2.05, 4.69) is 47.9 Å². The van der Waals surface area contributed by atoms with Gasteiger partial charge in [0.2, 0.25) is 0 Å².